The van der Waals surface area contributed by atoms with Gasteiger partial charge in [-0.3, -0.25) is 9.69 Å². The van der Waals surface area contributed by atoms with E-state index in [2.05, 4.69) is 31.0 Å². The molecule has 2 aliphatic rings. The van der Waals surface area contributed by atoms with Crippen LogP contribution in [0.25, 0.3) is 0 Å². The van der Waals surface area contributed by atoms with Gasteiger partial charge in [-0.05, 0) is 43.9 Å². The van der Waals surface area contributed by atoms with Crippen molar-refractivity contribution in [3.63, 3.8) is 0 Å². The van der Waals surface area contributed by atoms with E-state index in [1.165, 1.54) is 0 Å². The molecule has 0 bridgehead atoms. The van der Waals surface area contributed by atoms with Crippen molar-refractivity contribution in [2.75, 3.05) is 32.8 Å². The maximum atomic E-state index is 12.7. The molecule has 0 radical (unpaired) electrons. The summed E-state index contributed by atoms with van der Waals surface area (Å²) in [6, 6.07) is 0. The topological polar surface area (TPSA) is 41.6 Å². The van der Waals surface area contributed by atoms with E-state index in [9.17, 15) is 4.79 Å². The summed E-state index contributed by atoms with van der Waals surface area (Å²) in [6.45, 7) is 13.2. The average molecular weight is 296 g/mol. The fourth-order valence-electron chi connectivity index (χ4n) is 3.97. The molecule has 122 valence electrons. The smallest absolute Gasteiger partial charge is 0.326 e. The number of rotatable bonds is 3. The standard InChI is InChI=1S/C17H32N2O2/c1-5-21-15(20)17(19-12-10-18-11-13-19)8-6-14(7-9-17)16(2,3)4/h14,18H,5-13H2,1-4H3. The lowest BCUT2D eigenvalue weighted by atomic mass is 9.66. The third-order valence-electron chi connectivity index (χ3n) is 5.42. The largest absolute Gasteiger partial charge is 0.465 e. The first-order valence-corrected chi connectivity index (χ1v) is 8.53. The van der Waals surface area contributed by atoms with Crippen molar-refractivity contribution < 1.29 is 9.53 Å². The van der Waals surface area contributed by atoms with E-state index in [1.54, 1.807) is 0 Å². The predicted molar refractivity (Wildman–Crippen MR) is 85.2 cm³/mol. The van der Waals surface area contributed by atoms with Gasteiger partial charge >= 0.3 is 5.97 Å². The molecule has 4 heteroatoms. The molecule has 0 aromatic rings. The number of esters is 1. The van der Waals surface area contributed by atoms with Gasteiger partial charge in [0.1, 0.15) is 5.54 Å². The van der Waals surface area contributed by atoms with Crippen molar-refractivity contribution in [2.24, 2.45) is 11.3 Å². The number of carbonyl (C=O) groups excluding carboxylic acids is 1. The van der Waals surface area contributed by atoms with Gasteiger partial charge < -0.3 is 10.1 Å². The van der Waals surface area contributed by atoms with Crippen molar-refractivity contribution in [3.05, 3.63) is 0 Å². The summed E-state index contributed by atoms with van der Waals surface area (Å²) >= 11 is 0. The summed E-state index contributed by atoms with van der Waals surface area (Å²) in [7, 11) is 0. The first kappa shape index (κ1) is 16.8. The van der Waals surface area contributed by atoms with Crippen LogP contribution < -0.4 is 5.32 Å². The van der Waals surface area contributed by atoms with E-state index in [1.807, 2.05) is 6.92 Å². The van der Waals surface area contributed by atoms with E-state index in [-0.39, 0.29) is 11.5 Å². The molecule has 1 N–H and O–H groups in total. The summed E-state index contributed by atoms with van der Waals surface area (Å²) in [5.74, 6) is 0.724. The van der Waals surface area contributed by atoms with Crippen LogP contribution in [-0.2, 0) is 9.53 Å². The number of carbonyl (C=O) groups is 1. The third-order valence-corrected chi connectivity index (χ3v) is 5.42. The maximum Gasteiger partial charge on any atom is 0.326 e. The normalized spacial score (nSPS) is 31.9. The van der Waals surface area contributed by atoms with Crippen LogP contribution in [0.3, 0.4) is 0 Å². The lowest BCUT2D eigenvalue weighted by Gasteiger charge is -2.49. The van der Waals surface area contributed by atoms with E-state index in [4.69, 9.17) is 4.74 Å². The molecule has 2 rings (SSSR count). The van der Waals surface area contributed by atoms with Crippen LogP contribution in [-0.4, -0.2) is 49.2 Å². The van der Waals surface area contributed by atoms with E-state index in [0.29, 0.717) is 17.9 Å². The van der Waals surface area contributed by atoms with Crippen molar-refractivity contribution >= 4 is 5.97 Å². The summed E-state index contributed by atoms with van der Waals surface area (Å²) in [5, 5.41) is 3.38. The van der Waals surface area contributed by atoms with E-state index < -0.39 is 0 Å². The van der Waals surface area contributed by atoms with Crippen LogP contribution in [0.1, 0.15) is 53.4 Å². The number of hydrogen-bond donors (Lipinski definition) is 1. The van der Waals surface area contributed by atoms with Crippen LogP contribution in [0.2, 0.25) is 0 Å². The molecule has 1 aliphatic heterocycles. The zero-order valence-corrected chi connectivity index (χ0v) is 14.2. The van der Waals surface area contributed by atoms with Crippen molar-refractivity contribution in [2.45, 2.75) is 58.9 Å². The average Bonchev–Trinajstić information content (AvgIpc) is 2.47. The molecule has 1 saturated carbocycles. The van der Waals surface area contributed by atoms with Crippen LogP contribution in [0.15, 0.2) is 0 Å². The molecule has 2 fully saturated rings. The maximum absolute atomic E-state index is 12.7. The van der Waals surface area contributed by atoms with Crippen LogP contribution in [0, 0.1) is 11.3 Å². The lowest BCUT2D eigenvalue weighted by molar-refractivity contribution is -0.163. The Bertz CT molecular complexity index is 348. The quantitative estimate of drug-likeness (QED) is 0.812. The Labute approximate surface area is 129 Å². The summed E-state index contributed by atoms with van der Waals surface area (Å²) in [4.78, 5) is 15.1. The molecule has 1 heterocycles. The molecule has 0 atom stereocenters. The fraction of sp³-hybridized carbons (Fsp3) is 0.941. The van der Waals surface area contributed by atoms with Crippen molar-refractivity contribution in [3.8, 4) is 0 Å². The monoisotopic (exact) mass is 296 g/mol. The highest BCUT2D eigenvalue weighted by molar-refractivity contribution is 5.81. The minimum absolute atomic E-state index is 0.0132. The van der Waals surface area contributed by atoms with Gasteiger partial charge in [-0.1, -0.05) is 20.8 Å². The van der Waals surface area contributed by atoms with E-state index in [0.717, 1.165) is 51.9 Å². The number of hydrogen-bond acceptors (Lipinski definition) is 4. The van der Waals surface area contributed by atoms with Gasteiger partial charge in [-0.2, -0.15) is 0 Å². The summed E-state index contributed by atoms with van der Waals surface area (Å²) in [6.07, 6.45) is 4.17. The molecule has 0 unspecified atom stereocenters. The molecular weight excluding hydrogens is 264 g/mol. The Balaban J connectivity index is 2.13. The van der Waals surface area contributed by atoms with Gasteiger partial charge in [0.05, 0.1) is 6.61 Å². The third kappa shape index (κ3) is 3.59. The SMILES string of the molecule is CCOC(=O)C1(N2CCNCC2)CCC(C(C)(C)C)CC1. The van der Waals surface area contributed by atoms with Crippen LogP contribution >= 0.6 is 0 Å². The first-order valence-electron chi connectivity index (χ1n) is 8.53. The van der Waals surface area contributed by atoms with Crippen LogP contribution in [0.4, 0.5) is 0 Å². The number of nitrogens with one attached hydrogen (secondary N) is 1. The first-order chi connectivity index (χ1) is 9.90. The predicted octanol–water partition coefficient (Wildman–Crippen LogP) is 2.43. The van der Waals surface area contributed by atoms with E-state index >= 15 is 0 Å². The van der Waals surface area contributed by atoms with Gasteiger partial charge in [0.15, 0.2) is 0 Å². The molecule has 4 nitrogen and oxygen atoms in total. The highest BCUT2D eigenvalue weighted by Crippen LogP contribution is 2.44. The van der Waals surface area contributed by atoms with Crippen molar-refractivity contribution in [1.82, 2.24) is 10.2 Å². The Hall–Kier alpha value is -0.610. The molecule has 0 spiro atoms. The number of piperazine rings is 1. The highest BCUT2D eigenvalue weighted by Gasteiger charge is 2.49. The van der Waals surface area contributed by atoms with Gasteiger partial charge in [-0.15, -0.1) is 0 Å². The molecule has 1 aliphatic carbocycles. The Morgan fingerprint density at radius 1 is 1.24 bits per heavy atom. The highest BCUT2D eigenvalue weighted by atomic mass is 16.5. The number of nitrogens with zero attached hydrogens (tertiary/aromatic N) is 1. The lowest BCUT2D eigenvalue weighted by Crippen LogP contribution is -2.62. The molecule has 0 aromatic carbocycles. The second-order valence-corrected chi connectivity index (χ2v) is 7.63. The van der Waals surface area contributed by atoms with Crippen LogP contribution in [0.5, 0.6) is 0 Å². The van der Waals surface area contributed by atoms with Gasteiger partial charge in [-0.25, -0.2) is 0 Å². The zero-order valence-electron chi connectivity index (χ0n) is 14.2. The summed E-state index contributed by atoms with van der Waals surface area (Å²) in [5.41, 5.74) is -0.0237. The Kier molecular flexibility index (Phi) is 5.31. The van der Waals surface area contributed by atoms with Crippen molar-refractivity contribution in [1.29, 1.82) is 0 Å². The molecule has 0 aromatic heterocycles. The van der Waals surface area contributed by atoms with Gasteiger partial charge in [0.2, 0.25) is 0 Å². The molecule has 21 heavy (non-hydrogen) atoms. The molecule has 0 amide bonds. The minimum atomic E-state index is -0.361. The van der Waals surface area contributed by atoms with Gasteiger partial charge in [0, 0.05) is 26.2 Å². The second-order valence-electron chi connectivity index (χ2n) is 7.63. The zero-order chi connectivity index (χ0) is 15.5. The minimum Gasteiger partial charge on any atom is -0.465 e. The van der Waals surface area contributed by atoms with Gasteiger partial charge in [0.25, 0.3) is 0 Å². The Morgan fingerprint density at radius 2 is 1.81 bits per heavy atom. The molecular formula is C17H32N2O2. The number of ether oxygens (including phenoxy) is 1. The Morgan fingerprint density at radius 3 is 2.29 bits per heavy atom. The second kappa shape index (κ2) is 6.66. The summed E-state index contributed by atoms with van der Waals surface area (Å²) < 4.78 is 5.46. The fourth-order valence-corrected chi connectivity index (χ4v) is 3.97. The molecule has 1 saturated heterocycles.